The van der Waals surface area contributed by atoms with Crippen molar-refractivity contribution in [1.29, 1.82) is 0 Å². The molecule has 10 heteroatoms. The predicted molar refractivity (Wildman–Crippen MR) is 99.7 cm³/mol. The summed E-state index contributed by atoms with van der Waals surface area (Å²) in [6, 6.07) is 8.33. The third-order valence-corrected chi connectivity index (χ3v) is 3.33. The number of anilines is 1. The molecule has 0 atom stereocenters. The summed E-state index contributed by atoms with van der Waals surface area (Å²) in [6.45, 7) is 3.90. The van der Waals surface area contributed by atoms with Crippen LogP contribution >= 0.6 is 0 Å². The van der Waals surface area contributed by atoms with Crippen molar-refractivity contribution in [3.05, 3.63) is 74.8 Å². The molecule has 0 unspecified atom stereocenters. The van der Waals surface area contributed by atoms with Gasteiger partial charge in [0.25, 0.3) is 5.69 Å². The van der Waals surface area contributed by atoms with E-state index in [1.165, 1.54) is 19.4 Å². The molecule has 0 spiro atoms. The molecule has 2 aromatic carbocycles. The standard InChI is InChI=1S/C17H16N4O6/c1-3-8-27-16-7-4-12(9-17(16)26-2)11-18-19-14-6-5-13(20(22)23)10-15(14)21(24)25/h3-7,9-11,19H,1,8H2,2H3/b18-11+. The predicted octanol–water partition coefficient (Wildman–Crippen LogP) is 3.52. The lowest BCUT2D eigenvalue weighted by Gasteiger charge is -2.09. The molecule has 0 aliphatic rings. The highest BCUT2D eigenvalue weighted by molar-refractivity contribution is 5.82. The first kappa shape index (κ1) is 19.4. The summed E-state index contributed by atoms with van der Waals surface area (Å²) in [4.78, 5) is 20.4. The van der Waals surface area contributed by atoms with Crippen LogP contribution in [0.3, 0.4) is 0 Å². The van der Waals surface area contributed by atoms with Crippen LogP contribution in [0.15, 0.2) is 54.2 Å². The Morgan fingerprint density at radius 1 is 1.15 bits per heavy atom. The molecule has 140 valence electrons. The van der Waals surface area contributed by atoms with Crippen LogP contribution in [0.5, 0.6) is 11.5 Å². The fourth-order valence-electron chi connectivity index (χ4n) is 2.09. The van der Waals surface area contributed by atoms with Gasteiger partial charge < -0.3 is 9.47 Å². The van der Waals surface area contributed by atoms with E-state index in [9.17, 15) is 20.2 Å². The summed E-state index contributed by atoms with van der Waals surface area (Å²) in [7, 11) is 1.50. The molecule has 2 aromatic rings. The van der Waals surface area contributed by atoms with Crippen molar-refractivity contribution in [3.8, 4) is 11.5 Å². The summed E-state index contributed by atoms with van der Waals surface area (Å²) in [5.74, 6) is 1.02. The van der Waals surface area contributed by atoms with Crippen molar-refractivity contribution < 1.29 is 19.3 Å². The van der Waals surface area contributed by atoms with E-state index in [4.69, 9.17) is 9.47 Å². The van der Waals surface area contributed by atoms with Crippen molar-refractivity contribution in [3.63, 3.8) is 0 Å². The molecule has 2 rings (SSSR count). The lowest BCUT2D eigenvalue weighted by Crippen LogP contribution is -1.99. The van der Waals surface area contributed by atoms with E-state index in [1.807, 2.05) is 0 Å². The minimum atomic E-state index is -0.723. The number of hydrazone groups is 1. The molecule has 0 amide bonds. The molecule has 0 aliphatic heterocycles. The molecule has 1 N–H and O–H groups in total. The normalized spacial score (nSPS) is 10.4. The average Bonchev–Trinajstić information content (AvgIpc) is 2.66. The van der Waals surface area contributed by atoms with E-state index in [0.717, 1.165) is 12.1 Å². The SMILES string of the molecule is C=CCOc1ccc(/C=N/Nc2ccc([N+](=O)[O-])cc2[N+](=O)[O-])cc1OC. The van der Waals surface area contributed by atoms with E-state index in [1.54, 1.807) is 24.3 Å². The van der Waals surface area contributed by atoms with Crippen LogP contribution in [0.1, 0.15) is 5.56 Å². The Balaban J connectivity index is 2.18. The molecule has 10 nitrogen and oxygen atoms in total. The number of rotatable bonds is 9. The van der Waals surface area contributed by atoms with Crippen molar-refractivity contribution >= 4 is 23.3 Å². The quantitative estimate of drug-likeness (QED) is 0.308. The maximum absolute atomic E-state index is 11.1. The van der Waals surface area contributed by atoms with Gasteiger partial charge in [-0.2, -0.15) is 5.10 Å². The number of nitrogens with one attached hydrogen (secondary N) is 1. The summed E-state index contributed by atoms with van der Waals surface area (Å²) in [5, 5.41) is 25.8. The summed E-state index contributed by atoms with van der Waals surface area (Å²) < 4.78 is 10.7. The van der Waals surface area contributed by atoms with E-state index >= 15 is 0 Å². The highest BCUT2D eigenvalue weighted by Gasteiger charge is 2.19. The molecule has 0 bridgehead atoms. The van der Waals surface area contributed by atoms with Gasteiger partial charge in [0.2, 0.25) is 0 Å². The molecule has 0 saturated carbocycles. The second kappa shape index (κ2) is 8.94. The molecule has 0 saturated heterocycles. The number of nitro groups is 2. The van der Waals surface area contributed by atoms with Crippen molar-refractivity contribution in [1.82, 2.24) is 0 Å². The van der Waals surface area contributed by atoms with Gasteiger partial charge in [-0.05, 0) is 29.8 Å². The van der Waals surface area contributed by atoms with Crippen LogP contribution in [0, 0.1) is 20.2 Å². The lowest BCUT2D eigenvalue weighted by molar-refractivity contribution is -0.393. The van der Waals surface area contributed by atoms with E-state index in [-0.39, 0.29) is 11.4 Å². The first-order valence-electron chi connectivity index (χ1n) is 7.60. The molecule has 0 aromatic heterocycles. The van der Waals surface area contributed by atoms with Crippen LogP contribution in [-0.2, 0) is 0 Å². The molecular formula is C17H16N4O6. The number of hydrogen-bond acceptors (Lipinski definition) is 8. The Labute approximate surface area is 154 Å². The second-order valence-electron chi connectivity index (χ2n) is 5.10. The third-order valence-electron chi connectivity index (χ3n) is 3.33. The van der Waals surface area contributed by atoms with Crippen LogP contribution in [-0.4, -0.2) is 29.8 Å². The van der Waals surface area contributed by atoms with E-state index < -0.39 is 15.5 Å². The van der Waals surface area contributed by atoms with Gasteiger partial charge in [-0.1, -0.05) is 12.7 Å². The molecule has 0 aliphatic carbocycles. The van der Waals surface area contributed by atoms with Crippen LogP contribution in [0.4, 0.5) is 17.1 Å². The molecule has 0 fully saturated rings. The molecule has 0 radical (unpaired) electrons. The number of hydrogen-bond donors (Lipinski definition) is 1. The average molecular weight is 372 g/mol. The maximum atomic E-state index is 11.1. The number of methoxy groups -OCH3 is 1. The Hall–Kier alpha value is -3.95. The summed E-state index contributed by atoms with van der Waals surface area (Å²) in [6.07, 6.45) is 3.03. The van der Waals surface area contributed by atoms with Crippen LogP contribution < -0.4 is 14.9 Å². The molecule has 27 heavy (non-hydrogen) atoms. The number of benzene rings is 2. The van der Waals surface area contributed by atoms with Crippen LogP contribution in [0.2, 0.25) is 0 Å². The largest absolute Gasteiger partial charge is 0.493 e. The zero-order valence-corrected chi connectivity index (χ0v) is 14.3. The highest BCUT2D eigenvalue weighted by Crippen LogP contribution is 2.29. The second-order valence-corrected chi connectivity index (χ2v) is 5.10. The maximum Gasteiger partial charge on any atom is 0.301 e. The Morgan fingerprint density at radius 3 is 2.56 bits per heavy atom. The van der Waals surface area contributed by atoms with Gasteiger partial charge in [0.15, 0.2) is 11.5 Å². The minimum absolute atomic E-state index is 0.0275. The fraction of sp³-hybridized carbons (Fsp3) is 0.118. The van der Waals surface area contributed by atoms with Gasteiger partial charge in [0, 0.05) is 6.07 Å². The number of nitro benzene ring substituents is 2. The zero-order valence-electron chi connectivity index (χ0n) is 14.3. The summed E-state index contributed by atoms with van der Waals surface area (Å²) >= 11 is 0. The first-order valence-corrected chi connectivity index (χ1v) is 7.60. The number of nitrogens with zero attached hydrogens (tertiary/aromatic N) is 3. The minimum Gasteiger partial charge on any atom is -0.493 e. The van der Waals surface area contributed by atoms with Gasteiger partial charge in [-0.25, -0.2) is 0 Å². The lowest BCUT2D eigenvalue weighted by atomic mass is 10.2. The highest BCUT2D eigenvalue weighted by atomic mass is 16.6. The summed E-state index contributed by atoms with van der Waals surface area (Å²) in [5.41, 5.74) is 2.36. The van der Waals surface area contributed by atoms with Gasteiger partial charge in [-0.15, -0.1) is 0 Å². The Kier molecular flexibility index (Phi) is 6.42. The van der Waals surface area contributed by atoms with Crippen molar-refractivity contribution in [2.75, 3.05) is 19.1 Å². The first-order chi connectivity index (χ1) is 13.0. The zero-order chi connectivity index (χ0) is 19.8. The van der Waals surface area contributed by atoms with Gasteiger partial charge in [0.1, 0.15) is 12.3 Å². The fourth-order valence-corrected chi connectivity index (χ4v) is 2.09. The van der Waals surface area contributed by atoms with Crippen LogP contribution in [0.25, 0.3) is 0 Å². The number of non-ortho nitro benzene ring substituents is 1. The Bertz CT molecular complexity index is 897. The van der Waals surface area contributed by atoms with E-state index in [2.05, 4.69) is 17.1 Å². The molecule has 0 heterocycles. The topological polar surface area (TPSA) is 129 Å². The molecular weight excluding hydrogens is 356 g/mol. The Morgan fingerprint density at radius 2 is 1.93 bits per heavy atom. The van der Waals surface area contributed by atoms with Gasteiger partial charge in [0.05, 0.1) is 29.2 Å². The third kappa shape index (κ3) is 5.01. The van der Waals surface area contributed by atoms with Crippen molar-refractivity contribution in [2.45, 2.75) is 0 Å². The monoisotopic (exact) mass is 372 g/mol. The smallest absolute Gasteiger partial charge is 0.301 e. The number of ether oxygens (including phenoxy) is 2. The van der Waals surface area contributed by atoms with Crippen molar-refractivity contribution in [2.24, 2.45) is 5.10 Å². The van der Waals surface area contributed by atoms with Gasteiger partial charge >= 0.3 is 5.69 Å². The van der Waals surface area contributed by atoms with E-state index in [0.29, 0.717) is 23.7 Å². The van der Waals surface area contributed by atoms with Gasteiger partial charge in [-0.3, -0.25) is 25.7 Å².